The number of para-hydroxylation sites is 1. The summed E-state index contributed by atoms with van der Waals surface area (Å²) in [5.41, 5.74) is 5.30. The summed E-state index contributed by atoms with van der Waals surface area (Å²) in [6.45, 7) is 7.78. The lowest BCUT2D eigenvalue weighted by Crippen LogP contribution is -2.22. The smallest absolute Gasteiger partial charge is 0.337 e. The van der Waals surface area contributed by atoms with Crippen LogP contribution in [0.2, 0.25) is 0 Å². The number of hydrogen-bond donors (Lipinski definition) is 0. The minimum absolute atomic E-state index is 0.00790. The zero-order chi connectivity index (χ0) is 29.4. The minimum Gasteiger partial charge on any atom is -0.465 e. The molecule has 0 radical (unpaired) electrons. The number of methoxy groups -OCH3 is 2. The predicted molar refractivity (Wildman–Crippen MR) is 152 cm³/mol. The molecule has 204 valence electrons. The molecule has 0 amide bonds. The quantitative estimate of drug-likeness (QED) is 0.174. The molecule has 8 heteroatoms. The van der Waals surface area contributed by atoms with Gasteiger partial charge in [-0.3, -0.25) is 4.79 Å². The lowest BCUT2D eigenvalue weighted by atomic mass is 9.83. The summed E-state index contributed by atoms with van der Waals surface area (Å²) >= 11 is 0. The molecule has 0 spiro atoms. The molecule has 1 aliphatic rings. The third-order valence-corrected chi connectivity index (χ3v) is 7.41. The van der Waals surface area contributed by atoms with Crippen molar-refractivity contribution >= 4 is 23.4 Å². The molecule has 0 fully saturated rings. The van der Waals surface area contributed by atoms with E-state index in [1.807, 2.05) is 31.3 Å². The van der Waals surface area contributed by atoms with Crippen LogP contribution in [0.3, 0.4) is 0 Å². The number of benzene rings is 2. The maximum Gasteiger partial charge on any atom is 0.337 e. The van der Waals surface area contributed by atoms with Crippen molar-refractivity contribution in [1.29, 1.82) is 5.26 Å². The van der Waals surface area contributed by atoms with Crippen molar-refractivity contribution in [2.75, 3.05) is 26.2 Å². The summed E-state index contributed by atoms with van der Waals surface area (Å²) in [4.78, 5) is 40.3. The predicted octanol–water partition coefficient (Wildman–Crippen LogP) is 5.61. The van der Waals surface area contributed by atoms with Crippen LogP contribution in [-0.2, 0) is 14.9 Å². The molecule has 8 nitrogen and oxygen atoms in total. The Labute approximate surface area is 233 Å². The topological polar surface area (TPSA) is 102 Å². The highest BCUT2D eigenvalue weighted by atomic mass is 16.5. The van der Waals surface area contributed by atoms with Crippen LogP contribution in [0.1, 0.15) is 61.9 Å². The molecule has 2 aromatic carbocycles. The number of hydrogen-bond acceptors (Lipinski definition) is 7. The highest BCUT2D eigenvalue weighted by Gasteiger charge is 2.37. The van der Waals surface area contributed by atoms with E-state index < -0.39 is 17.7 Å². The number of nitrogens with zero attached hydrogens (tertiary/aromatic N) is 3. The first-order valence-electron chi connectivity index (χ1n) is 12.7. The normalized spacial score (nSPS) is 15.0. The van der Waals surface area contributed by atoms with Gasteiger partial charge in [0.05, 0.1) is 25.3 Å². The second-order valence-corrected chi connectivity index (χ2v) is 10.1. The molecule has 2 heterocycles. The van der Waals surface area contributed by atoms with Gasteiger partial charge in [0.2, 0.25) is 5.78 Å². The Morgan fingerprint density at radius 3 is 2.10 bits per heavy atom. The summed E-state index contributed by atoms with van der Waals surface area (Å²) < 4.78 is 11.5. The molecule has 1 aromatic heterocycles. The fourth-order valence-electron chi connectivity index (χ4n) is 5.37. The van der Waals surface area contributed by atoms with Gasteiger partial charge in [-0.25, -0.2) is 9.59 Å². The molecule has 0 N–H and O–H groups in total. The largest absolute Gasteiger partial charge is 0.465 e. The van der Waals surface area contributed by atoms with Crippen LogP contribution in [0.15, 0.2) is 72.0 Å². The summed E-state index contributed by atoms with van der Waals surface area (Å²) in [5, 5.41) is 9.94. The molecule has 40 heavy (non-hydrogen) atoms. The Morgan fingerprint density at radius 1 is 0.950 bits per heavy atom. The van der Waals surface area contributed by atoms with Gasteiger partial charge in [0, 0.05) is 46.5 Å². The van der Waals surface area contributed by atoms with E-state index in [-0.39, 0.29) is 22.1 Å². The number of Topliss-reactive ketones (excluding diaryl/α,β-unsaturated/α-hetero) is 1. The van der Waals surface area contributed by atoms with Gasteiger partial charge >= 0.3 is 11.9 Å². The maximum atomic E-state index is 13.6. The number of nitriles is 1. The van der Waals surface area contributed by atoms with E-state index >= 15 is 0 Å². The van der Waals surface area contributed by atoms with Crippen molar-refractivity contribution in [2.24, 2.45) is 0 Å². The number of allylic oxidation sites excluding steroid dienone is 4. The molecule has 1 aliphatic heterocycles. The van der Waals surface area contributed by atoms with E-state index in [0.29, 0.717) is 22.6 Å². The number of aryl methyl sites for hydroxylation is 1. The molecule has 0 saturated heterocycles. The van der Waals surface area contributed by atoms with E-state index in [2.05, 4.69) is 30.9 Å². The molecule has 0 bridgehead atoms. The van der Waals surface area contributed by atoms with Crippen molar-refractivity contribution in [3.63, 3.8) is 0 Å². The maximum absolute atomic E-state index is 13.6. The molecular formula is C32H31N3O5. The second-order valence-electron chi connectivity index (χ2n) is 10.1. The first-order chi connectivity index (χ1) is 19.0. The summed E-state index contributed by atoms with van der Waals surface area (Å²) in [6.07, 6.45) is 3.40. The van der Waals surface area contributed by atoms with Crippen LogP contribution in [0, 0.1) is 25.2 Å². The monoisotopic (exact) mass is 537 g/mol. The van der Waals surface area contributed by atoms with Gasteiger partial charge in [0.15, 0.2) is 0 Å². The number of rotatable bonds is 6. The first kappa shape index (κ1) is 28.1. The fraction of sp³-hybridized carbons (Fsp3) is 0.250. The van der Waals surface area contributed by atoms with E-state index in [1.54, 1.807) is 42.7 Å². The van der Waals surface area contributed by atoms with Crippen molar-refractivity contribution in [3.8, 4) is 11.8 Å². The van der Waals surface area contributed by atoms with Gasteiger partial charge in [0.1, 0.15) is 11.6 Å². The molecule has 0 aliphatic carbocycles. The SMILES string of the molecule is COC(=O)c1cc(C(=O)OC)cc(-n2c(C)cc(C(=O)/C(C#N)=C/C=C3/N(C)c4ccccc4C3(C)C)c2C)c1. The standard InChI is InChI=1S/C32H31N3O5/c1-19-14-25(20(2)35(19)24-16-22(30(37)39-6)15-23(17-24)31(38)40-7)29(36)21(18-33)12-13-28-32(3,4)26-10-8-9-11-27(26)34(28)5/h8-17H,1-7H3/b21-12+,28-13+. The summed E-state index contributed by atoms with van der Waals surface area (Å²) in [7, 11) is 4.48. The number of likely N-dealkylation sites (N-methyl/N-ethyl adjacent to an activating group) is 1. The Balaban J connectivity index is 1.76. The Kier molecular flexibility index (Phi) is 7.52. The third-order valence-electron chi connectivity index (χ3n) is 7.41. The van der Waals surface area contributed by atoms with Gasteiger partial charge in [-0.2, -0.15) is 5.26 Å². The number of esters is 2. The van der Waals surface area contributed by atoms with Crippen LogP contribution in [0.25, 0.3) is 5.69 Å². The molecule has 0 atom stereocenters. The van der Waals surface area contributed by atoms with Gasteiger partial charge in [-0.1, -0.05) is 32.0 Å². The zero-order valence-electron chi connectivity index (χ0n) is 23.7. The van der Waals surface area contributed by atoms with Crippen LogP contribution >= 0.6 is 0 Å². The Hall–Kier alpha value is -4.90. The van der Waals surface area contributed by atoms with E-state index in [4.69, 9.17) is 9.47 Å². The fourth-order valence-corrected chi connectivity index (χ4v) is 5.37. The first-order valence-corrected chi connectivity index (χ1v) is 12.7. The van der Waals surface area contributed by atoms with E-state index in [1.165, 1.54) is 25.8 Å². The van der Waals surface area contributed by atoms with Crippen LogP contribution in [-0.4, -0.2) is 43.6 Å². The van der Waals surface area contributed by atoms with E-state index in [0.717, 1.165) is 11.4 Å². The van der Waals surface area contributed by atoms with Crippen molar-refractivity contribution in [2.45, 2.75) is 33.1 Å². The summed E-state index contributed by atoms with van der Waals surface area (Å²) in [5.74, 6) is -1.65. The number of aromatic nitrogens is 1. The number of carbonyl (C=O) groups excluding carboxylic acids is 3. The number of ether oxygens (including phenoxy) is 2. The van der Waals surface area contributed by atoms with Crippen LogP contribution in [0.5, 0.6) is 0 Å². The van der Waals surface area contributed by atoms with Gasteiger partial charge in [-0.15, -0.1) is 0 Å². The summed E-state index contributed by atoms with van der Waals surface area (Å²) in [6, 6.07) is 16.4. The molecule has 0 saturated carbocycles. The van der Waals surface area contributed by atoms with Gasteiger partial charge in [-0.05, 0) is 61.9 Å². The van der Waals surface area contributed by atoms with Gasteiger partial charge < -0.3 is 18.9 Å². The number of ketones is 1. The Bertz CT molecular complexity index is 1610. The highest BCUT2D eigenvalue weighted by Crippen LogP contribution is 2.46. The lowest BCUT2D eigenvalue weighted by molar-refractivity contribution is 0.0599. The number of carbonyl (C=O) groups is 3. The molecule has 3 aromatic rings. The average Bonchev–Trinajstić information content (AvgIpc) is 3.36. The molecule has 4 rings (SSSR count). The van der Waals surface area contributed by atoms with E-state index in [9.17, 15) is 19.6 Å². The van der Waals surface area contributed by atoms with Crippen LogP contribution in [0.4, 0.5) is 5.69 Å². The number of fused-ring (bicyclic) bond motifs is 1. The third kappa shape index (κ3) is 4.71. The number of anilines is 1. The van der Waals surface area contributed by atoms with Crippen molar-refractivity contribution in [1.82, 2.24) is 4.57 Å². The Morgan fingerprint density at radius 2 is 1.55 bits per heavy atom. The molecular weight excluding hydrogens is 506 g/mol. The zero-order valence-corrected chi connectivity index (χ0v) is 23.7. The van der Waals surface area contributed by atoms with Crippen LogP contribution < -0.4 is 4.90 Å². The molecule has 0 unspecified atom stereocenters. The minimum atomic E-state index is -0.615. The van der Waals surface area contributed by atoms with Gasteiger partial charge in [0.25, 0.3) is 0 Å². The highest BCUT2D eigenvalue weighted by molar-refractivity contribution is 6.12. The lowest BCUT2D eigenvalue weighted by Gasteiger charge is -2.23. The average molecular weight is 538 g/mol. The van der Waals surface area contributed by atoms with Crippen molar-refractivity contribution in [3.05, 3.63) is 106 Å². The van der Waals surface area contributed by atoms with Crippen molar-refractivity contribution < 1.29 is 23.9 Å². The second kappa shape index (κ2) is 10.7.